The summed E-state index contributed by atoms with van der Waals surface area (Å²) < 4.78 is 4.98. The van der Waals surface area contributed by atoms with Crippen LogP contribution in [-0.2, 0) is 5.75 Å². The Morgan fingerprint density at radius 1 is 1.40 bits per heavy atom. The predicted molar refractivity (Wildman–Crippen MR) is 61.9 cm³/mol. The highest BCUT2D eigenvalue weighted by molar-refractivity contribution is 7.98. The molecule has 1 aromatic carbocycles. The zero-order valence-electron chi connectivity index (χ0n) is 7.81. The molecule has 0 bridgehead atoms. The molecule has 1 heterocycles. The van der Waals surface area contributed by atoms with E-state index in [0.717, 1.165) is 16.3 Å². The van der Waals surface area contributed by atoms with Crippen molar-refractivity contribution in [3.8, 4) is 0 Å². The van der Waals surface area contributed by atoms with Crippen LogP contribution in [0.1, 0.15) is 5.76 Å². The van der Waals surface area contributed by atoms with E-state index >= 15 is 0 Å². The molecule has 0 fully saturated rings. The minimum absolute atomic E-state index is 0.685. The third kappa shape index (κ3) is 2.67. The van der Waals surface area contributed by atoms with Crippen LogP contribution in [0.2, 0.25) is 5.02 Å². The van der Waals surface area contributed by atoms with Crippen molar-refractivity contribution in [2.45, 2.75) is 10.6 Å². The first-order valence-electron chi connectivity index (χ1n) is 4.33. The van der Waals surface area contributed by atoms with Crippen LogP contribution < -0.4 is 5.73 Å². The Bertz CT molecular complexity index is 445. The number of aromatic nitrogens is 1. The van der Waals surface area contributed by atoms with E-state index in [1.54, 1.807) is 30.1 Å². The van der Waals surface area contributed by atoms with Crippen LogP contribution in [0.5, 0.6) is 0 Å². The topological polar surface area (TPSA) is 52.0 Å². The van der Waals surface area contributed by atoms with E-state index in [1.807, 2.05) is 12.1 Å². The van der Waals surface area contributed by atoms with Crippen LogP contribution in [0.4, 0.5) is 5.69 Å². The molecular weight excluding hydrogens is 232 g/mol. The van der Waals surface area contributed by atoms with Crippen molar-refractivity contribution in [1.29, 1.82) is 0 Å². The number of benzene rings is 1. The molecule has 2 aromatic rings. The van der Waals surface area contributed by atoms with Gasteiger partial charge in [0.15, 0.2) is 0 Å². The van der Waals surface area contributed by atoms with Crippen molar-refractivity contribution in [2.75, 3.05) is 5.73 Å². The van der Waals surface area contributed by atoms with Crippen LogP contribution >= 0.6 is 23.4 Å². The van der Waals surface area contributed by atoms with E-state index in [1.165, 1.54) is 0 Å². The number of hydrogen-bond acceptors (Lipinski definition) is 4. The molecule has 0 amide bonds. The number of thioether (sulfide) groups is 1. The van der Waals surface area contributed by atoms with Crippen molar-refractivity contribution in [2.24, 2.45) is 0 Å². The van der Waals surface area contributed by atoms with Crippen molar-refractivity contribution in [3.63, 3.8) is 0 Å². The fourth-order valence-electron chi connectivity index (χ4n) is 1.10. The predicted octanol–water partition coefficient (Wildman–Crippen LogP) is 3.20. The van der Waals surface area contributed by atoms with Gasteiger partial charge in [-0.15, -0.1) is 11.8 Å². The Labute approximate surface area is 96.6 Å². The fraction of sp³-hybridized carbons (Fsp3) is 0.100. The second kappa shape index (κ2) is 4.59. The Balaban J connectivity index is 2.07. The highest BCUT2D eigenvalue weighted by atomic mass is 35.5. The number of halogens is 1. The zero-order valence-corrected chi connectivity index (χ0v) is 9.39. The first-order valence-corrected chi connectivity index (χ1v) is 5.69. The van der Waals surface area contributed by atoms with Crippen LogP contribution in [0.25, 0.3) is 0 Å². The monoisotopic (exact) mass is 240 g/mol. The molecule has 0 radical (unpaired) electrons. The van der Waals surface area contributed by atoms with E-state index in [4.69, 9.17) is 21.9 Å². The Hall–Kier alpha value is -1.13. The first-order chi connectivity index (χ1) is 7.25. The Morgan fingerprint density at radius 3 is 3.00 bits per heavy atom. The van der Waals surface area contributed by atoms with Gasteiger partial charge in [-0.05, 0) is 18.2 Å². The molecule has 2 N–H and O–H groups in total. The highest BCUT2D eigenvalue weighted by Crippen LogP contribution is 2.30. The molecule has 0 saturated heterocycles. The molecular formula is C10H9ClN2OS. The van der Waals surface area contributed by atoms with Gasteiger partial charge in [-0.3, -0.25) is 0 Å². The van der Waals surface area contributed by atoms with Crippen molar-refractivity contribution in [3.05, 3.63) is 41.2 Å². The molecule has 2 rings (SSSR count). The maximum atomic E-state index is 5.87. The zero-order chi connectivity index (χ0) is 10.7. The van der Waals surface area contributed by atoms with E-state index < -0.39 is 0 Å². The summed E-state index contributed by atoms with van der Waals surface area (Å²) in [6.45, 7) is 0. The van der Waals surface area contributed by atoms with Gasteiger partial charge in [-0.25, -0.2) is 0 Å². The van der Waals surface area contributed by atoms with Gasteiger partial charge in [0.2, 0.25) is 0 Å². The normalized spacial score (nSPS) is 10.5. The lowest BCUT2D eigenvalue weighted by molar-refractivity contribution is 0.395. The van der Waals surface area contributed by atoms with Gasteiger partial charge in [0.1, 0.15) is 5.76 Å². The van der Waals surface area contributed by atoms with Crippen molar-refractivity contribution < 1.29 is 4.52 Å². The number of rotatable bonds is 3. The smallest absolute Gasteiger partial charge is 0.146 e. The van der Waals surface area contributed by atoms with Gasteiger partial charge in [-0.2, -0.15) is 0 Å². The van der Waals surface area contributed by atoms with Gasteiger partial charge in [0.25, 0.3) is 0 Å². The molecule has 0 unspecified atom stereocenters. The third-order valence-electron chi connectivity index (χ3n) is 1.84. The van der Waals surface area contributed by atoms with E-state index in [0.29, 0.717) is 10.8 Å². The molecule has 0 atom stereocenters. The SMILES string of the molecule is Nc1ccc(Cl)cc1SCc1ccno1. The van der Waals surface area contributed by atoms with Crippen LogP contribution in [-0.4, -0.2) is 5.16 Å². The van der Waals surface area contributed by atoms with Crippen LogP contribution in [0.15, 0.2) is 39.9 Å². The first kappa shape index (κ1) is 10.4. The van der Waals surface area contributed by atoms with E-state index in [9.17, 15) is 0 Å². The van der Waals surface area contributed by atoms with Crippen molar-refractivity contribution >= 4 is 29.1 Å². The second-order valence-corrected chi connectivity index (χ2v) is 4.40. The number of nitrogens with zero attached hydrogens (tertiary/aromatic N) is 1. The lowest BCUT2D eigenvalue weighted by atomic mass is 10.3. The van der Waals surface area contributed by atoms with Gasteiger partial charge in [0.05, 0.1) is 11.9 Å². The summed E-state index contributed by atoms with van der Waals surface area (Å²) in [7, 11) is 0. The third-order valence-corrected chi connectivity index (χ3v) is 3.17. The number of hydrogen-bond donors (Lipinski definition) is 1. The maximum absolute atomic E-state index is 5.87. The quantitative estimate of drug-likeness (QED) is 0.661. The molecule has 5 heteroatoms. The lowest BCUT2D eigenvalue weighted by Crippen LogP contribution is -1.88. The minimum Gasteiger partial charge on any atom is -0.398 e. The largest absolute Gasteiger partial charge is 0.398 e. The summed E-state index contributed by atoms with van der Waals surface area (Å²) in [6.07, 6.45) is 1.62. The molecule has 1 aromatic heterocycles. The Kier molecular flexibility index (Phi) is 3.18. The molecule has 0 aliphatic rings. The molecule has 15 heavy (non-hydrogen) atoms. The number of nitrogen functional groups attached to an aromatic ring is 1. The summed E-state index contributed by atoms with van der Waals surface area (Å²) in [5.74, 6) is 1.52. The Morgan fingerprint density at radius 2 is 2.27 bits per heavy atom. The second-order valence-electron chi connectivity index (χ2n) is 2.95. The van der Waals surface area contributed by atoms with Crippen molar-refractivity contribution in [1.82, 2.24) is 5.16 Å². The number of anilines is 1. The average molecular weight is 241 g/mol. The summed E-state index contributed by atoms with van der Waals surface area (Å²) in [6, 6.07) is 7.24. The van der Waals surface area contributed by atoms with E-state index in [-0.39, 0.29) is 0 Å². The molecule has 78 valence electrons. The summed E-state index contributed by atoms with van der Waals surface area (Å²) >= 11 is 7.45. The maximum Gasteiger partial charge on any atom is 0.146 e. The van der Waals surface area contributed by atoms with Gasteiger partial charge >= 0.3 is 0 Å². The van der Waals surface area contributed by atoms with E-state index in [2.05, 4.69) is 5.16 Å². The standard InChI is InChI=1S/C10H9ClN2OS/c11-7-1-2-9(12)10(5-7)15-6-8-3-4-13-14-8/h1-5H,6,12H2. The summed E-state index contributed by atoms with van der Waals surface area (Å²) in [5, 5.41) is 4.31. The molecule has 0 aliphatic heterocycles. The van der Waals surface area contributed by atoms with Gasteiger partial charge in [0, 0.05) is 21.7 Å². The number of nitrogens with two attached hydrogens (primary N) is 1. The molecule has 0 aliphatic carbocycles. The summed E-state index contributed by atoms with van der Waals surface area (Å²) in [4.78, 5) is 0.957. The van der Waals surface area contributed by atoms with Gasteiger partial charge in [-0.1, -0.05) is 16.8 Å². The lowest BCUT2D eigenvalue weighted by Gasteiger charge is -2.03. The van der Waals surface area contributed by atoms with Crippen LogP contribution in [0, 0.1) is 0 Å². The minimum atomic E-state index is 0.685. The highest BCUT2D eigenvalue weighted by Gasteiger charge is 2.03. The van der Waals surface area contributed by atoms with Crippen LogP contribution in [0.3, 0.4) is 0 Å². The average Bonchev–Trinajstić information content (AvgIpc) is 2.72. The molecule has 0 spiro atoms. The molecule has 0 saturated carbocycles. The summed E-state index contributed by atoms with van der Waals surface area (Å²) in [5.41, 5.74) is 6.53. The molecule has 3 nitrogen and oxygen atoms in total. The van der Waals surface area contributed by atoms with Gasteiger partial charge < -0.3 is 10.3 Å². The fourth-order valence-corrected chi connectivity index (χ4v) is 2.23.